The van der Waals surface area contributed by atoms with E-state index in [9.17, 15) is 9.59 Å². The lowest BCUT2D eigenvalue weighted by Crippen LogP contribution is -2.44. The molecule has 7 nitrogen and oxygen atoms in total. The smallest absolute Gasteiger partial charge is 0.329 e. The summed E-state index contributed by atoms with van der Waals surface area (Å²) in [6, 6.07) is -0.730. The third-order valence-electron chi connectivity index (χ3n) is 2.67. The van der Waals surface area contributed by atoms with E-state index in [2.05, 4.69) is 10.3 Å². The Bertz CT molecular complexity index is 456. The number of ether oxygens (including phenoxy) is 1. The molecule has 0 saturated carbocycles. The molecule has 0 radical (unpaired) electrons. The zero-order valence-electron chi connectivity index (χ0n) is 12.1. The topological polar surface area (TPSA) is 99.2 Å². The van der Waals surface area contributed by atoms with Crippen molar-refractivity contribution in [1.29, 1.82) is 0 Å². The molecule has 0 fully saturated rings. The molecule has 20 heavy (non-hydrogen) atoms. The van der Waals surface area contributed by atoms with Gasteiger partial charge in [0.05, 0.1) is 12.4 Å². The number of rotatable bonds is 7. The van der Waals surface area contributed by atoms with Gasteiger partial charge in [0.15, 0.2) is 0 Å². The van der Waals surface area contributed by atoms with E-state index in [0.29, 0.717) is 6.42 Å². The van der Waals surface area contributed by atoms with E-state index in [1.165, 1.54) is 0 Å². The van der Waals surface area contributed by atoms with E-state index in [-0.39, 0.29) is 25.0 Å². The number of hydrogen-bond acceptors (Lipinski definition) is 5. The number of amides is 1. The summed E-state index contributed by atoms with van der Waals surface area (Å²) in [5.41, 5.74) is 6.17. The lowest BCUT2D eigenvalue weighted by Gasteiger charge is -2.19. The third-order valence-corrected chi connectivity index (χ3v) is 2.67. The van der Waals surface area contributed by atoms with Gasteiger partial charge in [0, 0.05) is 38.3 Å². The van der Waals surface area contributed by atoms with Crippen LogP contribution in [-0.2, 0) is 27.8 Å². The molecule has 1 aromatic rings. The number of hydrogen-bond donors (Lipinski definition) is 2. The van der Waals surface area contributed by atoms with Gasteiger partial charge in [-0.25, -0.2) is 9.78 Å². The van der Waals surface area contributed by atoms with Crippen molar-refractivity contribution < 1.29 is 14.3 Å². The third kappa shape index (κ3) is 5.00. The molecular formula is C13H22N4O3. The van der Waals surface area contributed by atoms with Crippen molar-refractivity contribution in [2.75, 3.05) is 6.54 Å². The maximum absolute atomic E-state index is 12.0. The highest BCUT2D eigenvalue weighted by Crippen LogP contribution is 2.05. The lowest BCUT2D eigenvalue weighted by atomic mass is 10.1. The van der Waals surface area contributed by atoms with Crippen LogP contribution in [0.3, 0.4) is 0 Å². The fraction of sp³-hybridized carbons (Fsp3) is 0.615. The second-order valence-corrected chi connectivity index (χ2v) is 4.84. The van der Waals surface area contributed by atoms with Crippen molar-refractivity contribution >= 4 is 11.9 Å². The number of esters is 1. The van der Waals surface area contributed by atoms with Gasteiger partial charge in [-0.05, 0) is 13.8 Å². The molecule has 1 heterocycles. The van der Waals surface area contributed by atoms with Gasteiger partial charge in [0.2, 0.25) is 5.91 Å². The molecule has 0 aliphatic carbocycles. The lowest BCUT2D eigenvalue weighted by molar-refractivity contribution is -0.151. The summed E-state index contributed by atoms with van der Waals surface area (Å²) in [6.07, 6.45) is 3.57. The van der Waals surface area contributed by atoms with Crippen LogP contribution in [0.1, 0.15) is 26.0 Å². The average Bonchev–Trinajstić information content (AvgIpc) is 2.73. The predicted octanol–water partition coefficient (Wildman–Crippen LogP) is -0.252. The van der Waals surface area contributed by atoms with Gasteiger partial charge in [-0.1, -0.05) is 0 Å². The molecule has 1 atom stereocenters. The highest BCUT2D eigenvalue weighted by Gasteiger charge is 2.24. The first-order valence-electron chi connectivity index (χ1n) is 6.59. The molecular weight excluding hydrogens is 260 g/mol. The largest absolute Gasteiger partial charge is 0.461 e. The van der Waals surface area contributed by atoms with E-state index in [1.54, 1.807) is 30.9 Å². The molecule has 0 bridgehead atoms. The summed E-state index contributed by atoms with van der Waals surface area (Å²) in [5, 5.41) is 2.65. The number of aromatic nitrogens is 2. The summed E-state index contributed by atoms with van der Waals surface area (Å²) in [5.74, 6) is -0.716. The maximum atomic E-state index is 12.0. The summed E-state index contributed by atoms with van der Waals surface area (Å²) < 4.78 is 6.96. The number of aryl methyl sites for hydroxylation is 1. The van der Waals surface area contributed by atoms with Crippen molar-refractivity contribution in [1.82, 2.24) is 14.9 Å². The molecule has 112 valence electrons. The van der Waals surface area contributed by atoms with Gasteiger partial charge in [-0.15, -0.1) is 0 Å². The molecule has 0 aliphatic rings. The Hall–Kier alpha value is -1.89. The number of nitrogens with one attached hydrogen (secondary N) is 1. The molecule has 0 spiro atoms. The number of carbonyl (C=O) groups excluding carboxylic acids is 2. The minimum Gasteiger partial charge on any atom is -0.461 e. The van der Waals surface area contributed by atoms with E-state index in [4.69, 9.17) is 10.5 Å². The zero-order valence-corrected chi connectivity index (χ0v) is 12.1. The number of carbonyl (C=O) groups is 2. The van der Waals surface area contributed by atoms with Crippen LogP contribution < -0.4 is 11.1 Å². The maximum Gasteiger partial charge on any atom is 0.329 e. The molecule has 3 N–H and O–H groups in total. The molecule has 1 aromatic heterocycles. The predicted molar refractivity (Wildman–Crippen MR) is 73.7 cm³/mol. The van der Waals surface area contributed by atoms with Crippen molar-refractivity contribution in [2.45, 2.75) is 38.8 Å². The number of nitrogens with two attached hydrogens (primary N) is 1. The van der Waals surface area contributed by atoms with Crippen LogP contribution in [0, 0.1) is 0 Å². The molecule has 0 saturated heterocycles. The van der Waals surface area contributed by atoms with Crippen LogP contribution >= 0.6 is 0 Å². The molecule has 0 aliphatic heterocycles. The second kappa shape index (κ2) is 7.64. The standard InChI is InChI=1S/C13H22N4O3/c1-9(2)20-13(19)11(16-12(18)4-5-14)6-10-7-15-8-17(10)3/h7-9,11H,4-6,14H2,1-3H3,(H,16,18). The van der Waals surface area contributed by atoms with Gasteiger partial charge in [-0.2, -0.15) is 0 Å². The van der Waals surface area contributed by atoms with Gasteiger partial charge in [-0.3, -0.25) is 4.79 Å². The number of nitrogens with zero attached hydrogens (tertiary/aromatic N) is 2. The Morgan fingerprint density at radius 1 is 1.50 bits per heavy atom. The van der Waals surface area contributed by atoms with Crippen molar-refractivity contribution in [3.63, 3.8) is 0 Å². The van der Waals surface area contributed by atoms with Crippen LogP contribution in [0.15, 0.2) is 12.5 Å². The van der Waals surface area contributed by atoms with Gasteiger partial charge < -0.3 is 20.4 Å². The second-order valence-electron chi connectivity index (χ2n) is 4.84. The minimum absolute atomic E-state index is 0.177. The van der Waals surface area contributed by atoms with E-state index >= 15 is 0 Å². The highest BCUT2D eigenvalue weighted by atomic mass is 16.5. The molecule has 1 amide bonds. The van der Waals surface area contributed by atoms with E-state index < -0.39 is 12.0 Å². The quantitative estimate of drug-likeness (QED) is 0.672. The minimum atomic E-state index is -0.730. The Balaban J connectivity index is 2.75. The molecule has 7 heteroatoms. The molecule has 1 unspecified atom stereocenters. The monoisotopic (exact) mass is 282 g/mol. The summed E-state index contributed by atoms with van der Waals surface area (Å²) in [6.45, 7) is 3.77. The summed E-state index contributed by atoms with van der Waals surface area (Å²) in [7, 11) is 1.83. The molecule has 0 aromatic carbocycles. The first-order chi connectivity index (χ1) is 9.43. The average molecular weight is 282 g/mol. The van der Waals surface area contributed by atoms with Crippen LogP contribution in [0.25, 0.3) is 0 Å². The Kier molecular flexibility index (Phi) is 6.17. The Labute approximate surface area is 118 Å². The van der Waals surface area contributed by atoms with Gasteiger partial charge in [0.1, 0.15) is 6.04 Å². The van der Waals surface area contributed by atoms with Gasteiger partial charge >= 0.3 is 5.97 Å². The van der Waals surface area contributed by atoms with Crippen molar-refractivity contribution in [3.8, 4) is 0 Å². The van der Waals surface area contributed by atoms with E-state index in [0.717, 1.165) is 5.69 Å². The van der Waals surface area contributed by atoms with Crippen LogP contribution in [0.4, 0.5) is 0 Å². The first kappa shape index (κ1) is 16.2. The van der Waals surface area contributed by atoms with Crippen LogP contribution in [0.5, 0.6) is 0 Å². The van der Waals surface area contributed by atoms with Crippen LogP contribution in [0.2, 0.25) is 0 Å². The SMILES string of the molecule is CC(C)OC(=O)C(Cc1cncn1C)NC(=O)CCN. The Morgan fingerprint density at radius 2 is 2.20 bits per heavy atom. The normalized spacial score (nSPS) is 12.2. The van der Waals surface area contributed by atoms with E-state index in [1.807, 2.05) is 7.05 Å². The highest BCUT2D eigenvalue weighted by molar-refractivity contribution is 5.84. The number of imidazole rings is 1. The van der Waals surface area contributed by atoms with Crippen molar-refractivity contribution in [2.24, 2.45) is 12.8 Å². The zero-order chi connectivity index (χ0) is 15.1. The molecule has 1 rings (SSSR count). The van der Waals surface area contributed by atoms with Crippen LogP contribution in [-0.4, -0.2) is 40.1 Å². The van der Waals surface area contributed by atoms with Gasteiger partial charge in [0.25, 0.3) is 0 Å². The fourth-order valence-electron chi connectivity index (χ4n) is 1.70. The summed E-state index contributed by atoms with van der Waals surface area (Å²) >= 11 is 0. The summed E-state index contributed by atoms with van der Waals surface area (Å²) in [4.78, 5) is 27.7. The van der Waals surface area contributed by atoms with Crippen molar-refractivity contribution in [3.05, 3.63) is 18.2 Å². The Morgan fingerprint density at radius 3 is 2.70 bits per heavy atom. The fourth-order valence-corrected chi connectivity index (χ4v) is 1.70. The first-order valence-corrected chi connectivity index (χ1v) is 6.59.